The maximum Gasteiger partial charge on any atom is 0.250 e. The number of nitrogens with zero attached hydrogens (tertiary/aromatic N) is 1. The zero-order valence-electron chi connectivity index (χ0n) is 19.9. The van der Waals surface area contributed by atoms with Crippen LogP contribution >= 0.6 is 22.9 Å². The van der Waals surface area contributed by atoms with Crippen molar-refractivity contribution in [1.82, 2.24) is 4.57 Å². The van der Waals surface area contributed by atoms with Gasteiger partial charge in [-0.25, -0.2) is 0 Å². The number of hydrogen-bond donors (Lipinski definition) is 1. The van der Waals surface area contributed by atoms with Gasteiger partial charge in [0.05, 0.1) is 12.2 Å². The molecule has 32 heavy (non-hydrogen) atoms. The molecule has 2 aromatic rings. The highest BCUT2D eigenvalue weighted by atomic mass is 35.5. The Morgan fingerprint density at radius 3 is 2.56 bits per heavy atom. The van der Waals surface area contributed by atoms with Crippen LogP contribution in [0.25, 0.3) is 10.4 Å². The van der Waals surface area contributed by atoms with Crippen molar-refractivity contribution in [3.63, 3.8) is 0 Å². The molecule has 2 N–H and O–H groups in total. The lowest BCUT2D eigenvalue weighted by Crippen LogP contribution is -2.18. The van der Waals surface area contributed by atoms with Gasteiger partial charge in [-0.3, -0.25) is 4.79 Å². The van der Waals surface area contributed by atoms with E-state index in [9.17, 15) is 4.79 Å². The molecule has 3 heterocycles. The number of fused-ring (bicyclic) bond motifs is 3. The van der Waals surface area contributed by atoms with Crippen molar-refractivity contribution in [1.29, 1.82) is 0 Å². The summed E-state index contributed by atoms with van der Waals surface area (Å²) in [6.45, 7) is 10.4. The van der Waals surface area contributed by atoms with Crippen molar-refractivity contribution >= 4 is 29.7 Å². The van der Waals surface area contributed by atoms with E-state index in [0.29, 0.717) is 0 Å². The highest BCUT2D eigenvalue weighted by Gasteiger charge is 2.32. The average Bonchev–Trinajstić information content (AvgIpc) is 3.04. The Labute approximate surface area is 200 Å². The Hall–Kier alpha value is -1.99. The van der Waals surface area contributed by atoms with Crippen molar-refractivity contribution in [2.75, 3.05) is 7.05 Å². The Morgan fingerprint density at radius 1 is 1.31 bits per heavy atom. The van der Waals surface area contributed by atoms with E-state index >= 15 is 0 Å². The van der Waals surface area contributed by atoms with Crippen LogP contribution in [-0.4, -0.2) is 18.4 Å². The van der Waals surface area contributed by atoms with Gasteiger partial charge in [0.1, 0.15) is 6.79 Å². The minimum absolute atomic E-state index is 0.00761. The molecule has 7 heteroatoms. The molecule has 2 aromatic heterocycles. The van der Waals surface area contributed by atoms with Crippen LogP contribution in [0.5, 0.6) is 0 Å². The van der Waals surface area contributed by atoms with E-state index in [-0.39, 0.29) is 17.8 Å². The smallest absolute Gasteiger partial charge is 0.250 e. The predicted octanol–water partition coefficient (Wildman–Crippen LogP) is 6.12. The second kappa shape index (κ2) is 13.5. The van der Waals surface area contributed by atoms with Crippen molar-refractivity contribution in [3.8, 4) is 10.4 Å². The minimum Gasteiger partial charge on any atom is -0.365 e. The molecule has 0 fully saturated rings. The van der Waals surface area contributed by atoms with Gasteiger partial charge in [0.2, 0.25) is 0 Å². The molecule has 0 radical (unpaired) electrons. The van der Waals surface area contributed by atoms with E-state index in [1.54, 1.807) is 22.0 Å². The fraction of sp³-hybridized carbons (Fsp3) is 0.440. The van der Waals surface area contributed by atoms with Gasteiger partial charge in [-0.1, -0.05) is 37.1 Å². The predicted molar refractivity (Wildman–Crippen MR) is 137 cm³/mol. The molecule has 2 atom stereocenters. The van der Waals surface area contributed by atoms with E-state index in [0.717, 1.165) is 35.4 Å². The van der Waals surface area contributed by atoms with E-state index < -0.39 is 0 Å². The molecule has 0 spiro atoms. The van der Waals surface area contributed by atoms with Crippen molar-refractivity contribution in [2.45, 2.75) is 59.2 Å². The number of nitrogens with two attached hydrogens (primary N) is 1. The zero-order valence-corrected chi connectivity index (χ0v) is 21.5. The van der Waals surface area contributed by atoms with Crippen LogP contribution in [0, 0.1) is 13.8 Å². The zero-order chi connectivity index (χ0) is 24.4. The second-order valence-electron chi connectivity index (χ2n) is 7.33. The topological polar surface area (TPSA) is 74.3 Å². The molecule has 3 rings (SSSR count). The van der Waals surface area contributed by atoms with E-state index in [2.05, 4.69) is 32.6 Å². The molecule has 0 saturated carbocycles. The molecule has 5 nitrogen and oxygen atoms in total. The fourth-order valence-electron chi connectivity index (χ4n) is 3.73. The van der Waals surface area contributed by atoms with E-state index in [1.165, 1.54) is 27.9 Å². The number of aryl methyl sites for hydroxylation is 2. The quantitative estimate of drug-likeness (QED) is 0.525. The number of allylic oxidation sites excluding steroid dienone is 3. The van der Waals surface area contributed by atoms with Crippen LogP contribution in [0.1, 0.15) is 66.9 Å². The molecule has 2 unspecified atom stereocenters. The van der Waals surface area contributed by atoms with Crippen LogP contribution in [0.4, 0.5) is 0 Å². The summed E-state index contributed by atoms with van der Waals surface area (Å²) in [5.41, 5.74) is 9.20. The normalized spacial score (nSPS) is 17.4. The van der Waals surface area contributed by atoms with E-state index in [4.69, 9.17) is 21.1 Å². The Kier molecular flexibility index (Phi) is 11.9. The largest absolute Gasteiger partial charge is 0.365 e. The summed E-state index contributed by atoms with van der Waals surface area (Å²) in [6, 6.07) is 1.76. The summed E-state index contributed by atoms with van der Waals surface area (Å²) in [5, 5.41) is 0.725. The number of pyridine rings is 1. The number of hydrogen-bond acceptors (Lipinski definition) is 5. The average molecular weight is 479 g/mol. The molecular weight excluding hydrogens is 444 g/mol. The molecule has 176 valence electrons. The maximum absolute atomic E-state index is 12.4. The number of halogens is 1. The van der Waals surface area contributed by atoms with Crippen molar-refractivity contribution < 1.29 is 9.53 Å². The third-order valence-corrected chi connectivity index (χ3v) is 6.99. The third kappa shape index (κ3) is 6.29. The summed E-state index contributed by atoms with van der Waals surface area (Å²) in [7, 11) is 3.31. The lowest BCUT2D eigenvalue weighted by molar-refractivity contribution is -0.0980. The van der Waals surface area contributed by atoms with Crippen LogP contribution in [0.15, 0.2) is 40.3 Å². The van der Waals surface area contributed by atoms with Crippen molar-refractivity contribution in [2.24, 2.45) is 12.8 Å². The first-order valence-corrected chi connectivity index (χ1v) is 11.9. The molecule has 1 aliphatic rings. The van der Waals surface area contributed by atoms with Gasteiger partial charge < -0.3 is 19.8 Å². The van der Waals surface area contributed by atoms with E-state index in [1.807, 2.05) is 39.1 Å². The molecule has 0 aromatic carbocycles. The third-order valence-electron chi connectivity index (χ3n) is 5.39. The standard InChI is InChI=1S/C23H28ClNO2S.CH5N.CH2O/c1-6-9-19-17-12-21(26)25(5)13-18(17)23-22(14(3)15(4)28-23)20(27-19)11-8-10-16(24)7-2;2*1-2/h7-8,10,12-13,19-20H,6,9,11H2,1-5H3;2H2,1H3;1H2/b10-8-,16-7+;;. The monoisotopic (exact) mass is 478 g/mol. The Balaban J connectivity index is 0.00000121. The van der Waals surface area contributed by atoms with Crippen LogP contribution in [-0.2, 0) is 16.6 Å². The fourth-order valence-corrected chi connectivity index (χ4v) is 5.07. The Morgan fingerprint density at radius 2 is 1.97 bits per heavy atom. The first kappa shape index (κ1) is 28.0. The van der Waals surface area contributed by atoms with Crippen molar-refractivity contribution in [3.05, 3.63) is 67.4 Å². The number of rotatable bonds is 5. The summed E-state index contributed by atoms with van der Waals surface area (Å²) in [5.74, 6) is 0. The molecular formula is C25H35ClN2O3S. The lowest BCUT2D eigenvalue weighted by Gasteiger charge is -2.23. The summed E-state index contributed by atoms with van der Waals surface area (Å²) >= 11 is 7.93. The number of thiophene rings is 1. The number of carbonyl (C=O) groups is 1. The first-order chi connectivity index (χ1) is 15.4. The Bertz CT molecular complexity index is 1010. The SMILES string of the molecule is C/C=C(Cl)\C=C/CC1OC(CCC)c2cc(=O)n(C)cc2-c2sc(C)c(C)c21.C=O.CN. The lowest BCUT2D eigenvalue weighted by atomic mass is 9.97. The first-order valence-electron chi connectivity index (χ1n) is 10.7. The van der Waals surface area contributed by atoms with Gasteiger partial charge >= 0.3 is 0 Å². The van der Waals surface area contributed by atoms with Gasteiger partial charge in [-0.05, 0) is 57.9 Å². The molecule has 1 aliphatic heterocycles. The van der Waals surface area contributed by atoms with Crippen LogP contribution in [0.2, 0.25) is 0 Å². The van der Waals surface area contributed by atoms with Crippen LogP contribution < -0.4 is 11.3 Å². The molecule has 0 bridgehead atoms. The highest BCUT2D eigenvalue weighted by molar-refractivity contribution is 7.15. The van der Waals surface area contributed by atoms with Gasteiger partial charge in [-0.15, -0.1) is 11.3 Å². The van der Waals surface area contributed by atoms with Crippen LogP contribution in [0.3, 0.4) is 0 Å². The maximum atomic E-state index is 12.4. The number of ether oxygens (including phenoxy) is 1. The molecule has 0 aliphatic carbocycles. The van der Waals surface area contributed by atoms with Gasteiger partial charge in [0.25, 0.3) is 5.56 Å². The molecule has 0 saturated heterocycles. The van der Waals surface area contributed by atoms with Gasteiger partial charge in [0.15, 0.2) is 0 Å². The highest BCUT2D eigenvalue weighted by Crippen LogP contribution is 2.49. The second-order valence-corrected chi connectivity index (χ2v) is 8.99. The number of carbonyl (C=O) groups excluding carboxylic acids is 1. The van der Waals surface area contributed by atoms with Gasteiger partial charge in [-0.2, -0.15) is 0 Å². The molecule has 0 amide bonds. The summed E-state index contributed by atoms with van der Waals surface area (Å²) in [6.07, 6.45) is 10.4. The van der Waals surface area contributed by atoms with Gasteiger partial charge in [0, 0.05) is 45.2 Å². The summed E-state index contributed by atoms with van der Waals surface area (Å²) in [4.78, 5) is 22.9. The number of aromatic nitrogens is 1. The summed E-state index contributed by atoms with van der Waals surface area (Å²) < 4.78 is 8.32. The minimum atomic E-state index is -0.0798.